The predicted molar refractivity (Wildman–Crippen MR) is 88.7 cm³/mol. The van der Waals surface area contributed by atoms with Gasteiger partial charge in [-0.3, -0.25) is 9.59 Å². The molecule has 1 aromatic heterocycles. The summed E-state index contributed by atoms with van der Waals surface area (Å²) in [4.78, 5) is 32.0. The van der Waals surface area contributed by atoms with E-state index in [4.69, 9.17) is 5.73 Å². The first-order chi connectivity index (χ1) is 12.0. The lowest BCUT2D eigenvalue weighted by Gasteiger charge is -2.13. The molecule has 0 atom stereocenters. The first kappa shape index (κ1) is 16.9. The van der Waals surface area contributed by atoms with Crippen molar-refractivity contribution in [2.24, 2.45) is 5.73 Å². The van der Waals surface area contributed by atoms with Gasteiger partial charge in [0.05, 0.1) is 36.4 Å². The number of nitrogens with two attached hydrogens (primary N) is 1. The van der Waals surface area contributed by atoms with Gasteiger partial charge in [-0.15, -0.1) is 0 Å². The number of amides is 1. The number of fused-ring (bicyclic) bond motifs is 2. The smallest absolute Gasteiger partial charge is 0.250 e. The Kier molecular flexibility index (Phi) is 4.41. The van der Waals surface area contributed by atoms with Crippen molar-refractivity contribution in [3.63, 3.8) is 0 Å². The summed E-state index contributed by atoms with van der Waals surface area (Å²) in [6.07, 6.45) is 0.548. The molecule has 1 heterocycles. The molecular weight excluding hydrogens is 326 g/mol. The number of aliphatic hydroxyl groups excluding tert-OH is 3. The highest BCUT2D eigenvalue weighted by atomic mass is 16.3. The number of nitrogens with zero attached hydrogens (tertiary/aromatic N) is 2. The van der Waals surface area contributed by atoms with Gasteiger partial charge in [-0.25, -0.2) is 9.97 Å². The first-order valence-corrected chi connectivity index (χ1v) is 7.41. The van der Waals surface area contributed by atoms with Crippen molar-refractivity contribution in [2.75, 3.05) is 0 Å². The van der Waals surface area contributed by atoms with E-state index in [-0.39, 0.29) is 39.8 Å². The van der Waals surface area contributed by atoms with E-state index in [1.54, 1.807) is 0 Å². The lowest BCUT2D eigenvalue weighted by Crippen LogP contribution is -2.13. The van der Waals surface area contributed by atoms with Crippen molar-refractivity contribution < 1.29 is 24.9 Å². The second-order valence-corrected chi connectivity index (χ2v) is 5.46. The Balaban J connectivity index is 2.57. The van der Waals surface area contributed by atoms with Crippen LogP contribution in [-0.2, 0) is 19.8 Å². The monoisotopic (exact) mass is 341 g/mol. The zero-order valence-electron chi connectivity index (χ0n) is 13.1. The summed E-state index contributed by atoms with van der Waals surface area (Å²) in [7, 11) is 0. The number of carbonyl (C=O) groups excluding carboxylic acids is 2. The van der Waals surface area contributed by atoms with Crippen LogP contribution in [0.15, 0.2) is 18.2 Å². The molecule has 0 aliphatic rings. The van der Waals surface area contributed by atoms with Gasteiger partial charge < -0.3 is 21.1 Å². The third kappa shape index (κ3) is 2.62. The molecule has 0 bridgehead atoms. The second kappa shape index (κ2) is 6.52. The topological polar surface area (TPSA) is 147 Å². The van der Waals surface area contributed by atoms with Gasteiger partial charge in [0, 0.05) is 16.7 Å². The summed E-state index contributed by atoms with van der Waals surface area (Å²) in [5.74, 6) is -0.712. The molecule has 3 aromatic rings. The molecule has 0 unspecified atom stereocenters. The van der Waals surface area contributed by atoms with E-state index in [2.05, 4.69) is 9.97 Å². The first-order valence-electron chi connectivity index (χ1n) is 7.41. The Morgan fingerprint density at radius 3 is 2.08 bits per heavy atom. The standard InChI is InChI=1S/C17H15N3O5/c18-17(25)11-2-1-8(4-21)13-15(11)20-14-10(6-23)3-9(5-22)12(7-24)16(14)19-13/h1-3,7,21-23H,4-6H2,(H2,18,25). The maximum absolute atomic E-state index is 11.7. The highest BCUT2D eigenvalue weighted by Gasteiger charge is 2.19. The van der Waals surface area contributed by atoms with Gasteiger partial charge in [-0.1, -0.05) is 6.07 Å². The van der Waals surface area contributed by atoms with E-state index >= 15 is 0 Å². The van der Waals surface area contributed by atoms with E-state index < -0.39 is 19.1 Å². The maximum atomic E-state index is 11.7. The van der Waals surface area contributed by atoms with Crippen molar-refractivity contribution >= 4 is 34.3 Å². The van der Waals surface area contributed by atoms with Crippen LogP contribution in [0.25, 0.3) is 22.1 Å². The number of hydrogen-bond acceptors (Lipinski definition) is 7. The molecule has 0 aliphatic heterocycles. The van der Waals surface area contributed by atoms with Crippen molar-refractivity contribution in [1.82, 2.24) is 9.97 Å². The van der Waals surface area contributed by atoms with Crippen molar-refractivity contribution in [3.8, 4) is 0 Å². The van der Waals surface area contributed by atoms with Crippen LogP contribution in [0.4, 0.5) is 0 Å². The molecular formula is C17H15N3O5. The molecule has 0 spiro atoms. The third-order valence-corrected chi connectivity index (χ3v) is 4.05. The largest absolute Gasteiger partial charge is 0.392 e. The van der Waals surface area contributed by atoms with Gasteiger partial charge in [0.1, 0.15) is 11.0 Å². The van der Waals surface area contributed by atoms with Crippen molar-refractivity contribution in [2.45, 2.75) is 19.8 Å². The Labute approximate surface area is 141 Å². The Morgan fingerprint density at radius 1 is 0.920 bits per heavy atom. The highest BCUT2D eigenvalue weighted by Crippen LogP contribution is 2.28. The molecule has 25 heavy (non-hydrogen) atoms. The minimum absolute atomic E-state index is 0.115. The Bertz CT molecular complexity index is 1020. The van der Waals surface area contributed by atoms with Crippen LogP contribution in [0.5, 0.6) is 0 Å². The van der Waals surface area contributed by atoms with Crippen LogP contribution in [0.2, 0.25) is 0 Å². The van der Waals surface area contributed by atoms with Crippen LogP contribution in [0.3, 0.4) is 0 Å². The molecule has 8 heteroatoms. The lowest BCUT2D eigenvalue weighted by molar-refractivity contribution is 0.100. The summed E-state index contributed by atoms with van der Waals surface area (Å²) in [5, 5.41) is 28.6. The maximum Gasteiger partial charge on any atom is 0.250 e. The molecule has 1 amide bonds. The Hall–Kier alpha value is -2.94. The van der Waals surface area contributed by atoms with Crippen LogP contribution in [0.1, 0.15) is 37.4 Å². The zero-order valence-corrected chi connectivity index (χ0v) is 13.1. The number of primary amides is 1. The zero-order chi connectivity index (χ0) is 18.1. The fourth-order valence-corrected chi connectivity index (χ4v) is 2.82. The average molecular weight is 341 g/mol. The van der Waals surface area contributed by atoms with Crippen molar-refractivity contribution in [3.05, 3.63) is 46.0 Å². The number of benzene rings is 2. The SMILES string of the molecule is NC(=O)c1ccc(CO)c2nc3c(C=O)c(CO)cc(CO)c3nc12. The van der Waals surface area contributed by atoms with Crippen LogP contribution < -0.4 is 5.73 Å². The summed E-state index contributed by atoms with van der Waals surface area (Å²) in [6, 6.07) is 4.41. The molecule has 3 rings (SSSR count). The van der Waals surface area contributed by atoms with Crippen molar-refractivity contribution in [1.29, 1.82) is 0 Å². The quantitative estimate of drug-likeness (QED) is 0.382. The summed E-state index contributed by atoms with van der Waals surface area (Å²) in [5.41, 5.74) is 7.50. The molecule has 5 N–H and O–H groups in total. The van der Waals surface area contributed by atoms with Crippen LogP contribution in [-0.4, -0.2) is 37.5 Å². The minimum atomic E-state index is -0.712. The van der Waals surface area contributed by atoms with E-state index in [1.165, 1.54) is 18.2 Å². The van der Waals surface area contributed by atoms with Crippen LogP contribution >= 0.6 is 0 Å². The van der Waals surface area contributed by atoms with Gasteiger partial charge in [0.15, 0.2) is 6.29 Å². The molecule has 0 aliphatic carbocycles. The molecule has 0 saturated carbocycles. The summed E-state index contributed by atoms with van der Waals surface area (Å²) >= 11 is 0. The van der Waals surface area contributed by atoms with Gasteiger partial charge in [0.2, 0.25) is 0 Å². The van der Waals surface area contributed by atoms with Gasteiger partial charge in [-0.2, -0.15) is 0 Å². The average Bonchev–Trinajstić information content (AvgIpc) is 2.63. The predicted octanol–water partition coefficient (Wildman–Crippen LogP) is 0.171. The van der Waals surface area contributed by atoms with E-state index in [0.29, 0.717) is 23.0 Å². The number of aldehydes is 1. The van der Waals surface area contributed by atoms with Gasteiger partial charge in [-0.05, 0) is 17.7 Å². The highest BCUT2D eigenvalue weighted by molar-refractivity contribution is 6.07. The van der Waals surface area contributed by atoms with Gasteiger partial charge in [0.25, 0.3) is 5.91 Å². The van der Waals surface area contributed by atoms with E-state index in [0.717, 1.165) is 0 Å². The molecule has 0 fully saturated rings. The number of rotatable bonds is 5. The second-order valence-electron chi connectivity index (χ2n) is 5.46. The lowest BCUT2D eigenvalue weighted by atomic mass is 10.0. The molecule has 128 valence electrons. The third-order valence-electron chi connectivity index (χ3n) is 4.05. The number of carbonyl (C=O) groups is 2. The van der Waals surface area contributed by atoms with E-state index in [1.807, 2.05) is 0 Å². The molecule has 0 radical (unpaired) electrons. The van der Waals surface area contributed by atoms with Gasteiger partial charge >= 0.3 is 0 Å². The number of aliphatic hydroxyl groups is 3. The molecule has 8 nitrogen and oxygen atoms in total. The number of aromatic nitrogens is 2. The molecule has 0 saturated heterocycles. The number of hydrogen-bond donors (Lipinski definition) is 4. The normalized spacial score (nSPS) is 11.2. The minimum Gasteiger partial charge on any atom is -0.392 e. The summed E-state index contributed by atoms with van der Waals surface area (Å²) in [6.45, 7) is -1.15. The summed E-state index contributed by atoms with van der Waals surface area (Å²) < 4.78 is 0. The Morgan fingerprint density at radius 2 is 1.52 bits per heavy atom. The fraction of sp³-hybridized carbons (Fsp3) is 0.176. The van der Waals surface area contributed by atoms with Crippen LogP contribution in [0, 0.1) is 0 Å². The molecule has 2 aromatic carbocycles. The fourth-order valence-electron chi connectivity index (χ4n) is 2.82. The van der Waals surface area contributed by atoms with E-state index in [9.17, 15) is 24.9 Å².